The molecular weight excluding hydrogens is 909 g/mol. The summed E-state index contributed by atoms with van der Waals surface area (Å²) in [5.74, 6) is 0. The Balaban J connectivity index is 0.000000336. The second-order valence-corrected chi connectivity index (χ2v) is 52.2. The van der Waals surface area contributed by atoms with Crippen molar-refractivity contribution in [2.75, 3.05) is 42.3 Å². The molecule has 6 rings (SSSR count). The van der Waals surface area contributed by atoms with Gasteiger partial charge in [0.2, 0.25) is 0 Å². The zero-order chi connectivity index (χ0) is 36.3. The number of hydrogen-bond acceptors (Lipinski definition) is 2. The van der Waals surface area contributed by atoms with Crippen LogP contribution in [0.2, 0.25) is 13.1 Å². The summed E-state index contributed by atoms with van der Waals surface area (Å²) in [5, 5.41) is 5.37. The SMILES string of the molecule is CN(C)C.CN(C)C.C[Si]C.Cc1cc2c(-c3ccccc3)cccc2[cH-]1.Cc1cc2c(-c3ccccc3)cccc2[cH-]1.[Cl][Ti]([Cl])([I])[I]. The fraction of sp³-hybridized carbons (Fsp3) is 0.250. The van der Waals surface area contributed by atoms with Gasteiger partial charge in [-0.1, -0.05) is 111 Å². The van der Waals surface area contributed by atoms with Gasteiger partial charge in [0, 0.05) is 9.52 Å². The first kappa shape index (κ1) is 45.0. The molecule has 0 unspecified atom stereocenters. The normalized spacial score (nSPS) is 10.3. The van der Waals surface area contributed by atoms with E-state index in [2.05, 4.69) is 187 Å². The van der Waals surface area contributed by atoms with Gasteiger partial charge in [-0.15, -0.1) is 69.1 Å². The summed E-state index contributed by atoms with van der Waals surface area (Å²) < 4.78 is 0. The minimum absolute atomic E-state index is 1.08. The second kappa shape index (κ2) is 24.2. The molecule has 0 heterocycles. The Morgan fingerprint density at radius 2 is 0.812 bits per heavy atom. The second-order valence-electron chi connectivity index (χ2n) is 12.0. The van der Waals surface area contributed by atoms with Crippen LogP contribution < -0.4 is 0 Å². The van der Waals surface area contributed by atoms with Crippen molar-refractivity contribution in [3.63, 3.8) is 0 Å². The zero-order valence-electron chi connectivity index (χ0n) is 30.0. The van der Waals surface area contributed by atoms with Gasteiger partial charge in [0.05, 0.1) is 0 Å². The predicted octanol–water partition coefficient (Wildman–Crippen LogP) is 13.4. The Kier molecular flexibility index (Phi) is 22.7. The van der Waals surface area contributed by atoms with Crippen LogP contribution in [0.4, 0.5) is 0 Å². The minimum atomic E-state index is -2.12. The summed E-state index contributed by atoms with van der Waals surface area (Å²) in [6.45, 7) is 6.49. The molecule has 6 aromatic rings. The van der Waals surface area contributed by atoms with Gasteiger partial charge in [0.1, 0.15) is 0 Å². The summed E-state index contributed by atoms with van der Waals surface area (Å²) >= 11 is 4.17. The first-order valence-electron chi connectivity index (χ1n) is 15.6. The monoisotopic (exact) mass is 958 g/mol. The van der Waals surface area contributed by atoms with Crippen LogP contribution in [0.5, 0.6) is 0 Å². The Hall–Kier alpha value is -1.01. The number of halogens is 4. The molecule has 0 N–H and O–H groups in total. The van der Waals surface area contributed by atoms with E-state index in [0.717, 1.165) is 9.52 Å². The average Bonchev–Trinajstić information content (AvgIpc) is 3.58. The van der Waals surface area contributed by atoms with Gasteiger partial charge in [-0.2, -0.15) is 12.1 Å². The van der Waals surface area contributed by atoms with Crippen molar-refractivity contribution in [2.24, 2.45) is 0 Å². The van der Waals surface area contributed by atoms with Crippen LogP contribution in [0, 0.1) is 13.8 Å². The predicted molar refractivity (Wildman–Crippen MR) is 236 cm³/mol. The van der Waals surface area contributed by atoms with Crippen LogP contribution in [-0.4, -0.2) is 61.6 Å². The van der Waals surface area contributed by atoms with E-state index in [-0.39, 0.29) is 0 Å². The molecule has 8 heteroatoms. The number of nitrogens with zero attached hydrogens (tertiary/aromatic N) is 2. The standard InChI is InChI=1S/2C16H13.2C3H9N.C2H6Si.2ClH.2HI.Ti/c2*1-12-10-14-8-5-9-15(16(14)11-12)13-6-3-2-4-7-13;2*1-4(2)3;1-3-2;;;;;/h2*2-11H,1H3;2*1-3H3;1-2H3;4*1H;/q2*-1;;;;;;;;+4/p-4. The maximum absolute atomic E-state index is 5.46. The van der Waals surface area contributed by atoms with Crippen molar-refractivity contribution in [3.8, 4) is 22.3 Å². The molecule has 0 bridgehead atoms. The van der Waals surface area contributed by atoms with Crippen LogP contribution in [0.15, 0.2) is 121 Å². The molecule has 0 saturated carbocycles. The van der Waals surface area contributed by atoms with Crippen molar-refractivity contribution in [1.29, 1.82) is 0 Å². The van der Waals surface area contributed by atoms with Crippen molar-refractivity contribution in [2.45, 2.75) is 26.9 Å². The van der Waals surface area contributed by atoms with Crippen LogP contribution in [0.1, 0.15) is 11.1 Å². The molecule has 48 heavy (non-hydrogen) atoms. The summed E-state index contributed by atoms with van der Waals surface area (Å²) in [4.78, 5) is 4.00. The van der Waals surface area contributed by atoms with Crippen molar-refractivity contribution >= 4 is 88.1 Å². The third-order valence-corrected chi connectivity index (χ3v) is 5.96. The molecule has 0 aliphatic heterocycles. The number of aryl methyl sites for hydroxylation is 2. The molecule has 2 nitrogen and oxygen atoms in total. The average molecular weight is 960 g/mol. The molecule has 0 aliphatic carbocycles. The van der Waals surface area contributed by atoms with E-state index in [4.69, 9.17) is 18.6 Å². The van der Waals surface area contributed by atoms with Gasteiger partial charge in [-0.05, 0) is 53.4 Å². The Morgan fingerprint density at radius 3 is 1.08 bits per heavy atom. The topological polar surface area (TPSA) is 6.48 Å². The molecule has 2 radical (unpaired) electrons. The number of rotatable bonds is 2. The molecule has 258 valence electrons. The van der Waals surface area contributed by atoms with Crippen LogP contribution in [-0.2, 0) is 6.97 Å². The van der Waals surface area contributed by atoms with E-state index in [1.807, 2.05) is 52.1 Å². The Bertz CT molecular complexity index is 1580. The maximum atomic E-state index is 5.46. The summed E-state index contributed by atoms with van der Waals surface area (Å²) in [6.07, 6.45) is 0. The molecule has 0 aliphatic rings. The van der Waals surface area contributed by atoms with E-state index in [1.54, 1.807) is 0 Å². The van der Waals surface area contributed by atoms with E-state index >= 15 is 0 Å². The van der Waals surface area contributed by atoms with Gasteiger partial charge >= 0.3 is 64.0 Å². The summed E-state index contributed by atoms with van der Waals surface area (Å²) in [7, 11) is 24.0. The van der Waals surface area contributed by atoms with Gasteiger partial charge in [-0.3, -0.25) is 0 Å². The third-order valence-electron chi connectivity index (χ3n) is 5.96. The summed E-state index contributed by atoms with van der Waals surface area (Å²) in [5.41, 5.74) is 7.89. The zero-order valence-corrected chi connectivity index (χ0v) is 38.3. The third kappa shape index (κ3) is 19.4. The van der Waals surface area contributed by atoms with E-state index < -0.39 is 6.97 Å². The van der Waals surface area contributed by atoms with E-state index in [0.29, 0.717) is 0 Å². The van der Waals surface area contributed by atoms with Crippen molar-refractivity contribution in [1.82, 2.24) is 9.80 Å². The van der Waals surface area contributed by atoms with Gasteiger partial charge < -0.3 is 9.80 Å². The number of hydrogen-bond donors (Lipinski definition) is 0. The first-order chi connectivity index (χ1) is 22.6. The molecular formula is C40H50Cl2I2N2SiTi-2. The van der Waals surface area contributed by atoms with Crippen LogP contribution >= 0.6 is 57.0 Å². The molecule has 0 saturated heterocycles. The number of benzene rings is 4. The molecule has 6 aromatic carbocycles. The Morgan fingerprint density at radius 1 is 0.542 bits per heavy atom. The van der Waals surface area contributed by atoms with Crippen molar-refractivity contribution in [3.05, 3.63) is 132 Å². The van der Waals surface area contributed by atoms with Gasteiger partial charge in [0.25, 0.3) is 0 Å². The van der Waals surface area contributed by atoms with Crippen LogP contribution in [0.25, 0.3) is 43.8 Å². The van der Waals surface area contributed by atoms with E-state index in [9.17, 15) is 0 Å². The first-order valence-corrected chi connectivity index (χ1v) is 31.9. The number of fused-ring (bicyclic) bond motifs is 2. The fourth-order valence-corrected chi connectivity index (χ4v) is 4.51. The molecule has 0 fully saturated rings. The van der Waals surface area contributed by atoms with E-state index in [1.165, 1.54) is 54.9 Å². The van der Waals surface area contributed by atoms with Crippen LogP contribution in [0.3, 0.4) is 0 Å². The summed E-state index contributed by atoms with van der Waals surface area (Å²) in [6, 6.07) is 43.1. The molecule has 0 spiro atoms. The fourth-order valence-electron chi connectivity index (χ4n) is 4.51. The van der Waals surface area contributed by atoms with Crippen molar-refractivity contribution < 1.29 is 6.97 Å². The van der Waals surface area contributed by atoms with Gasteiger partial charge in [-0.25, -0.2) is 0 Å². The Labute approximate surface area is 325 Å². The molecule has 0 aromatic heterocycles. The molecule has 0 atom stereocenters. The molecule has 0 amide bonds. The quantitative estimate of drug-likeness (QED) is 0.0969. The van der Waals surface area contributed by atoms with Gasteiger partial charge in [0.15, 0.2) is 0 Å².